The SMILES string of the molecule is Nc1ccc(SC2CCOCC2)c2cnccc12. The number of fused-ring (bicyclic) bond motifs is 1. The molecule has 4 heteroatoms. The van der Waals surface area contributed by atoms with Crippen LogP contribution in [0.1, 0.15) is 12.8 Å². The minimum atomic E-state index is 0.644. The van der Waals surface area contributed by atoms with Gasteiger partial charge in [-0.1, -0.05) is 0 Å². The second-order valence-corrected chi connectivity index (χ2v) is 5.85. The van der Waals surface area contributed by atoms with Crippen LogP contribution in [0, 0.1) is 0 Å². The Bertz CT molecular complexity index is 552. The van der Waals surface area contributed by atoms with Gasteiger partial charge in [-0.3, -0.25) is 4.98 Å². The molecule has 1 fully saturated rings. The maximum atomic E-state index is 6.00. The van der Waals surface area contributed by atoms with Crippen molar-refractivity contribution in [3.8, 4) is 0 Å². The van der Waals surface area contributed by atoms with Crippen molar-refractivity contribution in [2.75, 3.05) is 18.9 Å². The van der Waals surface area contributed by atoms with Crippen LogP contribution in [-0.2, 0) is 4.74 Å². The highest BCUT2D eigenvalue weighted by atomic mass is 32.2. The van der Waals surface area contributed by atoms with Crippen LogP contribution in [0.3, 0.4) is 0 Å². The van der Waals surface area contributed by atoms with Gasteiger partial charge in [-0.15, -0.1) is 11.8 Å². The Hall–Kier alpha value is -1.26. The van der Waals surface area contributed by atoms with E-state index >= 15 is 0 Å². The van der Waals surface area contributed by atoms with Gasteiger partial charge in [-0.25, -0.2) is 0 Å². The molecular weight excluding hydrogens is 244 g/mol. The molecular formula is C14H16N2OS. The molecule has 1 aromatic heterocycles. The molecule has 1 aliphatic rings. The average Bonchev–Trinajstić information content (AvgIpc) is 2.44. The molecule has 94 valence electrons. The molecule has 1 aromatic carbocycles. The maximum Gasteiger partial charge on any atom is 0.0476 e. The third kappa shape index (κ3) is 2.31. The summed E-state index contributed by atoms with van der Waals surface area (Å²) in [4.78, 5) is 5.49. The van der Waals surface area contributed by atoms with Crippen molar-refractivity contribution < 1.29 is 4.74 Å². The molecule has 2 heterocycles. The van der Waals surface area contributed by atoms with Gasteiger partial charge in [0.05, 0.1) is 0 Å². The molecule has 0 unspecified atom stereocenters. The highest BCUT2D eigenvalue weighted by Gasteiger charge is 2.16. The third-order valence-corrected chi connectivity index (χ3v) is 4.69. The monoisotopic (exact) mass is 260 g/mol. The fourth-order valence-corrected chi connectivity index (χ4v) is 3.49. The number of aromatic nitrogens is 1. The van der Waals surface area contributed by atoms with E-state index in [2.05, 4.69) is 11.1 Å². The predicted molar refractivity (Wildman–Crippen MR) is 75.9 cm³/mol. The number of thioether (sulfide) groups is 1. The second kappa shape index (κ2) is 5.16. The normalized spacial score (nSPS) is 17.1. The van der Waals surface area contributed by atoms with Crippen LogP contribution >= 0.6 is 11.8 Å². The first-order valence-electron chi connectivity index (χ1n) is 6.21. The minimum Gasteiger partial charge on any atom is -0.398 e. The van der Waals surface area contributed by atoms with Crippen LogP contribution in [-0.4, -0.2) is 23.4 Å². The molecule has 0 radical (unpaired) electrons. The summed E-state index contributed by atoms with van der Waals surface area (Å²) in [5, 5.41) is 2.90. The maximum absolute atomic E-state index is 6.00. The molecule has 3 nitrogen and oxygen atoms in total. The number of nitrogen functional groups attached to an aromatic ring is 1. The van der Waals surface area contributed by atoms with E-state index in [9.17, 15) is 0 Å². The summed E-state index contributed by atoms with van der Waals surface area (Å²) in [5.74, 6) is 0. The lowest BCUT2D eigenvalue weighted by molar-refractivity contribution is 0.100. The number of hydrogen-bond acceptors (Lipinski definition) is 4. The minimum absolute atomic E-state index is 0.644. The molecule has 0 aliphatic carbocycles. The summed E-state index contributed by atoms with van der Waals surface area (Å²) in [5.41, 5.74) is 6.82. The van der Waals surface area contributed by atoms with Gasteiger partial charge in [0.1, 0.15) is 0 Å². The smallest absolute Gasteiger partial charge is 0.0476 e. The van der Waals surface area contributed by atoms with Crippen molar-refractivity contribution >= 4 is 28.2 Å². The molecule has 1 saturated heterocycles. The average molecular weight is 260 g/mol. The number of nitrogens with two attached hydrogens (primary N) is 1. The van der Waals surface area contributed by atoms with Gasteiger partial charge in [0.2, 0.25) is 0 Å². The first-order chi connectivity index (χ1) is 8.84. The number of pyridine rings is 1. The Labute approximate surface area is 111 Å². The number of rotatable bonds is 2. The van der Waals surface area contributed by atoms with E-state index in [1.165, 1.54) is 4.90 Å². The summed E-state index contributed by atoms with van der Waals surface area (Å²) in [7, 11) is 0. The molecule has 2 N–H and O–H groups in total. The molecule has 0 bridgehead atoms. The fraction of sp³-hybridized carbons (Fsp3) is 0.357. The van der Waals surface area contributed by atoms with Gasteiger partial charge in [0.25, 0.3) is 0 Å². The number of benzene rings is 1. The van der Waals surface area contributed by atoms with E-state index in [0.717, 1.165) is 42.5 Å². The van der Waals surface area contributed by atoms with Crippen LogP contribution in [0.2, 0.25) is 0 Å². The molecule has 2 aromatic rings. The van der Waals surface area contributed by atoms with Crippen molar-refractivity contribution in [1.82, 2.24) is 4.98 Å². The van der Waals surface area contributed by atoms with E-state index in [4.69, 9.17) is 10.5 Å². The summed E-state index contributed by atoms with van der Waals surface area (Å²) in [6.45, 7) is 1.76. The zero-order valence-corrected chi connectivity index (χ0v) is 11.0. The summed E-state index contributed by atoms with van der Waals surface area (Å²) >= 11 is 1.93. The first kappa shape index (κ1) is 11.8. The lowest BCUT2D eigenvalue weighted by Crippen LogP contribution is -2.17. The lowest BCUT2D eigenvalue weighted by Gasteiger charge is -2.22. The van der Waals surface area contributed by atoms with Crippen LogP contribution in [0.4, 0.5) is 5.69 Å². The van der Waals surface area contributed by atoms with Crippen LogP contribution in [0.5, 0.6) is 0 Å². The molecule has 0 spiro atoms. The first-order valence-corrected chi connectivity index (χ1v) is 7.09. The Morgan fingerprint density at radius 1 is 1.17 bits per heavy atom. The Morgan fingerprint density at radius 2 is 2.00 bits per heavy atom. The van der Waals surface area contributed by atoms with Gasteiger partial charge in [0, 0.05) is 52.2 Å². The van der Waals surface area contributed by atoms with E-state index in [1.807, 2.05) is 30.1 Å². The zero-order valence-electron chi connectivity index (χ0n) is 10.1. The number of anilines is 1. The molecule has 1 aliphatic heterocycles. The molecule has 3 rings (SSSR count). The van der Waals surface area contributed by atoms with Crippen molar-refractivity contribution in [2.24, 2.45) is 0 Å². The van der Waals surface area contributed by atoms with E-state index in [0.29, 0.717) is 5.25 Å². The van der Waals surface area contributed by atoms with Gasteiger partial charge >= 0.3 is 0 Å². The van der Waals surface area contributed by atoms with Gasteiger partial charge in [-0.05, 0) is 31.0 Å². The standard InChI is InChI=1S/C14H16N2OS/c15-13-1-2-14(12-9-16-6-3-11(12)13)18-10-4-7-17-8-5-10/h1-3,6,9-10H,4-5,7-8,15H2. The van der Waals surface area contributed by atoms with Gasteiger partial charge < -0.3 is 10.5 Å². The molecule has 0 saturated carbocycles. The van der Waals surface area contributed by atoms with Crippen molar-refractivity contribution in [3.05, 3.63) is 30.6 Å². The molecule has 18 heavy (non-hydrogen) atoms. The lowest BCUT2D eigenvalue weighted by atomic mass is 10.1. The van der Waals surface area contributed by atoms with Gasteiger partial charge in [-0.2, -0.15) is 0 Å². The Kier molecular flexibility index (Phi) is 3.39. The summed E-state index contributed by atoms with van der Waals surface area (Å²) in [6.07, 6.45) is 5.95. The molecule has 0 atom stereocenters. The highest BCUT2D eigenvalue weighted by Crippen LogP contribution is 2.36. The topological polar surface area (TPSA) is 48.1 Å². The summed E-state index contributed by atoms with van der Waals surface area (Å²) in [6, 6.07) is 6.09. The predicted octanol–water partition coefficient (Wildman–Crippen LogP) is 3.09. The third-order valence-electron chi connectivity index (χ3n) is 3.27. The van der Waals surface area contributed by atoms with Crippen molar-refractivity contribution in [2.45, 2.75) is 23.0 Å². The quantitative estimate of drug-likeness (QED) is 0.843. The van der Waals surface area contributed by atoms with Gasteiger partial charge in [0.15, 0.2) is 0 Å². The van der Waals surface area contributed by atoms with E-state index in [-0.39, 0.29) is 0 Å². The van der Waals surface area contributed by atoms with E-state index < -0.39 is 0 Å². The number of nitrogens with zero attached hydrogens (tertiary/aromatic N) is 1. The van der Waals surface area contributed by atoms with Crippen LogP contribution in [0.25, 0.3) is 10.8 Å². The van der Waals surface area contributed by atoms with Crippen molar-refractivity contribution in [1.29, 1.82) is 0 Å². The fourth-order valence-electron chi connectivity index (χ4n) is 2.26. The molecule has 0 amide bonds. The Morgan fingerprint density at radius 3 is 2.83 bits per heavy atom. The number of ether oxygens (including phenoxy) is 1. The summed E-state index contributed by atoms with van der Waals surface area (Å²) < 4.78 is 5.40. The van der Waals surface area contributed by atoms with Crippen molar-refractivity contribution in [3.63, 3.8) is 0 Å². The van der Waals surface area contributed by atoms with E-state index in [1.54, 1.807) is 6.20 Å². The Balaban J connectivity index is 1.94. The van der Waals surface area contributed by atoms with Crippen LogP contribution in [0.15, 0.2) is 35.5 Å². The van der Waals surface area contributed by atoms with Crippen LogP contribution < -0.4 is 5.73 Å². The number of hydrogen-bond donors (Lipinski definition) is 1. The second-order valence-electron chi connectivity index (χ2n) is 4.50. The zero-order chi connectivity index (χ0) is 12.4. The largest absolute Gasteiger partial charge is 0.398 e. The highest BCUT2D eigenvalue weighted by molar-refractivity contribution is 8.00.